The van der Waals surface area contributed by atoms with Crippen LogP contribution < -0.4 is 9.47 Å². The van der Waals surface area contributed by atoms with Crippen LogP contribution in [0.1, 0.15) is 76.8 Å². The van der Waals surface area contributed by atoms with Crippen molar-refractivity contribution in [3.8, 4) is 11.5 Å². The van der Waals surface area contributed by atoms with E-state index in [0.29, 0.717) is 5.75 Å². The van der Waals surface area contributed by atoms with E-state index >= 15 is 0 Å². The van der Waals surface area contributed by atoms with E-state index in [1.54, 1.807) is 0 Å². The van der Waals surface area contributed by atoms with Gasteiger partial charge in [-0.2, -0.15) is 0 Å². The molecule has 1 aromatic carbocycles. The monoisotopic (exact) mass is 476 g/mol. The highest BCUT2D eigenvalue weighted by molar-refractivity contribution is 5.53. The molecule has 7 atom stereocenters. The molecule has 34 heavy (non-hydrogen) atoms. The summed E-state index contributed by atoms with van der Waals surface area (Å²) < 4.78 is 18.5. The fourth-order valence-electron chi connectivity index (χ4n) is 5.71. The van der Waals surface area contributed by atoms with Crippen LogP contribution in [0.15, 0.2) is 23.8 Å². The Balaban J connectivity index is 1.74. The van der Waals surface area contributed by atoms with Gasteiger partial charge in [0.05, 0.1) is 6.61 Å². The van der Waals surface area contributed by atoms with Gasteiger partial charge in [0.25, 0.3) is 0 Å². The first kappa shape index (κ1) is 25.5. The standard InChI is InChI=1S/C27H40O7/c1-5-6-7-8-16-12-19(32-26-25(31)24(30)23(29)21(14-28)33-26)22-17-11-15(2)9-10-18(17)27(3,4)34-20(22)13-16/h9,12-13,17-18,21,23-26,28-31H,5-8,10-11,14H2,1-4H3. The van der Waals surface area contributed by atoms with Gasteiger partial charge in [0.15, 0.2) is 0 Å². The van der Waals surface area contributed by atoms with Crippen LogP contribution in [0, 0.1) is 5.92 Å². The molecule has 1 fully saturated rings. The van der Waals surface area contributed by atoms with Crippen molar-refractivity contribution in [1.82, 2.24) is 0 Å². The fraction of sp³-hybridized carbons (Fsp3) is 0.704. The van der Waals surface area contributed by atoms with Gasteiger partial charge in [-0.25, -0.2) is 0 Å². The Morgan fingerprint density at radius 2 is 1.85 bits per heavy atom. The number of hydrogen-bond acceptors (Lipinski definition) is 7. The number of rotatable bonds is 7. The molecule has 4 N–H and O–H groups in total. The predicted octanol–water partition coefficient (Wildman–Crippen LogP) is 3.21. The smallest absolute Gasteiger partial charge is 0.229 e. The summed E-state index contributed by atoms with van der Waals surface area (Å²) in [4.78, 5) is 0. The highest BCUT2D eigenvalue weighted by Gasteiger charge is 2.48. The topological polar surface area (TPSA) is 109 Å². The molecule has 7 heteroatoms. The lowest BCUT2D eigenvalue weighted by molar-refractivity contribution is -0.277. The van der Waals surface area contributed by atoms with Crippen molar-refractivity contribution in [2.75, 3.05) is 6.61 Å². The molecule has 0 saturated carbocycles. The van der Waals surface area contributed by atoms with E-state index in [1.807, 2.05) is 6.07 Å². The lowest BCUT2D eigenvalue weighted by Crippen LogP contribution is -2.60. The van der Waals surface area contributed by atoms with E-state index in [4.69, 9.17) is 14.2 Å². The Morgan fingerprint density at radius 3 is 2.56 bits per heavy atom. The second-order valence-electron chi connectivity index (χ2n) is 10.7. The van der Waals surface area contributed by atoms with Crippen LogP contribution in [-0.4, -0.2) is 63.3 Å². The highest BCUT2D eigenvalue weighted by atomic mass is 16.7. The van der Waals surface area contributed by atoms with E-state index in [2.05, 4.69) is 39.8 Å². The van der Waals surface area contributed by atoms with E-state index in [1.165, 1.54) is 5.57 Å². The number of fused-ring (bicyclic) bond motifs is 3. The molecular weight excluding hydrogens is 436 g/mol. The maximum atomic E-state index is 10.6. The number of aryl methyl sites for hydroxylation is 1. The lowest BCUT2D eigenvalue weighted by Gasteiger charge is -2.47. The number of aliphatic hydroxyl groups excluding tert-OH is 4. The summed E-state index contributed by atoms with van der Waals surface area (Å²) in [5.74, 6) is 1.84. The van der Waals surface area contributed by atoms with Crippen molar-refractivity contribution in [2.45, 2.75) is 108 Å². The summed E-state index contributed by atoms with van der Waals surface area (Å²) in [6.45, 7) is 8.11. The molecule has 1 aliphatic carbocycles. The zero-order chi connectivity index (χ0) is 24.6. The minimum Gasteiger partial charge on any atom is -0.487 e. The van der Waals surface area contributed by atoms with Gasteiger partial charge < -0.3 is 34.6 Å². The maximum Gasteiger partial charge on any atom is 0.229 e. The molecule has 3 aliphatic rings. The van der Waals surface area contributed by atoms with E-state index in [9.17, 15) is 20.4 Å². The van der Waals surface area contributed by atoms with Crippen molar-refractivity contribution >= 4 is 0 Å². The Hall–Kier alpha value is -1.64. The van der Waals surface area contributed by atoms with Crippen LogP contribution in [0.4, 0.5) is 0 Å². The zero-order valence-corrected chi connectivity index (χ0v) is 20.7. The molecule has 0 spiro atoms. The first-order chi connectivity index (χ1) is 16.2. The van der Waals surface area contributed by atoms with Gasteiger partial charge >= 0.3 is 0 Å². The molecule has 2 aliphatic heterocycles. The Labute approximate surface area is 202 Å². The normalized spacial score (nSPS) is 34.5. The van der Waals surface area contributed by atoms with Crippen LogP contribution in [-0.2, 0) is 11.2 Å². The zero-order valence-electron chi connectivity index (χ0n) is 20.7. The molecule has 190 valence electrons. The number of allylic oxidation sites excluding steroid dienone is 2. The van der Waals surface area contributed by atoms with Crippen molar-refractivity contribution < 1.29 is 34.6 Å². The van der Waals surface area contributed by atoms with Gasteiger partial charge in [-0.1, -0.05) is 31.4 Å². The Bertz CT molecular complexity index is 893. The summed E-state index contributed by atoms with van der Waals surface area (Å²) in [6, 6.07) is 4.12. The molecule has 0 aromatic heterocycles. The van der Waals surface area contributed by atoms with Crippen molar-refractivity contribution in [1.29, 1.82) is 0 Å². The Morgan fingerprint density at radius 1 is 1.09 bits per heavy atom. The summed E-state index contributed by atoms with van der Waals surface area (Å²) in [5.41, 5.74) is 3.05. The summed E-state index contributed by atoms with van der Waals surface area (Å²) in [6.07, 6.45) is 1.67. The molecule has 7 unspecified atom stereocenters. The van der Waals surface area contributed by atoms with Gasteiger partial charge in [0.2, 0.25) is 6.29 Å². The minimum absolute atomic E-state index is 0.188. The fourth-order valence-corrected chi connectivity index (χ4v) is 5.71. The second-order valence-corrected chi connectivity index (χ2v) is 10.7. The summed E-state index contributed by atoms with van der Waals surface area (Å²) >= 11 is 0. The maximum absolute atomic E-state index is 10.6. The largest absolute Gasteiger partial charge is 0.487 e. The molecule has 4 rings (SSSR count). The highest BCUT2D eigenvalue weighted by Crippen LogP contribution is 2.54. The number of ether oxygens (including phenoxy) is 3. The molecule has 0 amide bonds. The molecule has 0 radical (unpaired) electrons. The third kappa shape index (κ3) is 4.86. The average Bonchev–Trinajstić information content (AvgIpc) is 2.78. The number of benzene rings is 1. The quantitative estimate of drug-likeness (QED) is 0.353. The SMILES string of the molecule is CCCCCc1cc(OC2OC(CO)C(O)C(O)C2O)c2c(c1)OC(C)(C)C1CC=C(C)CC21. The minimum atomic E-state index is -1.48. The predicted molar refractivity (Wildman–Crippen MR) is 128 cm³/mol. The third-order valence-electron chi connectivity index (χ3n) is 7.71. The second kappa shape index (κ2) is 10.2. The molecule has 1 saturated heterocycles. The molecule has 0 bridgehead atoms. The van der Waals surface area contributed by atoms with Crippen LogP contribution in [0.25, 0.3) is 0 Å². The van der Waals surface area contributed by atoms with E-state index in [-0.39, 0.29) is 17.4 Å². The number of unbranched alkanes of at least 4 members (excludes halogenated alkanes) is 2. The number of hydrogen-bond donors (Lipinski definition) is 4. The van der Waals surface area contributed by atoms with Crippen molar-refractivity contribution in [3.05, 3.63) is 34.9 Å². The van der Waals surface area contributed by atoms with Gasteiger partial charge in [-0.05, 0) is 64.2 Å². The van der Waals surface area contributed by atoms with Crippen LogP contribution in [0.2, 0.25) is 0 Å². The van der Waals surface area contributed by atoms with Gasteiger partial charge in [-0.3, -0.25) is 0 Å². The molecular formula is C27H40O7. The van der Waals surface area contributed by atoms with Crippen LogP contribution in [0.3, 0.4) is 0 Å². The van der Waals surface area contributed by atoms with E-state index < -0.39 is 37.3 Å². The molecule has 7 nitrogen and oxygen atoms in total. The van der Waals surface area contributed by atoms with Crippen LogP contribution in [0.5, 0.6) is 11.5 Å². The summed E-state index contributed by atoms with van der Waals surface area (Å²) in [5, 5.41) is 40.6. The van der Waals surface area contributed by atoms with Crippen molar-refractivity contribution in [3.63, 3.8) is 0 Å². The number of aliphatic hydroxyl groups is 4. The van der Waals surface area contributed by atoms with Crippen LogP contribution >= 0.6 is 0 Å². The van der Waals surface area contributed by atoms with Gasteiger partial charge in [0, 0.05) is 17.4 Å². The first-order valence-electron chi connectivity index (χ1n) is 12.6. The molecule has 1 aromatic rings. The van der Waals surface area contributed by atoms with Gasteiger partial charge in [0.1, 0.15) is 41.5 Å². The third-order valence-corrected chi connectivity index (χ3v) is 7.71. The average molecular weight is 477 g/mol. The molecule has 2 heterocycles. The summed E-state index contributed by atoms with van der Waals surface area (Å²) in [7, 11) is 0. The Kier molecular flexibility index (Phi) is 7.60. The van der Waals surface area contributed by atoms with Gasteiger partial charge in [-0.15, -0.1) is 0 Å². The lowest BCUT2D eigenvalue weighted by atomic mass is 9.67. The van der Waals surface area contributed by atoms with Crippen molar-refractivity contribution in [2.24, 2.45) is 5.92 Å². The van der Waals surface area contributed by atoms with E-state index in [0.717, 1.165) is 55.4 Å². The first-order valence-corrected chi connectivity index (χ1v) is 12.6.